The molecular formula is C17H16N6. The predicted molar refractivity (Wildman–Crippen MR) is 89.6 cm³/mol. The number of benzene rings is 1. The molecule has 0 saturated heterocycles. The van der Waals surface area contributed by atoms with Crippen LogP contribution in [0.3, 0.4) is 0 Å². The maximum absolute atomic E-state index is 9.36. The van der Waals surface area contributed by atoms with Gasteiger partial charge in [0.15, 0.2) is 5.82 Å². The smallest absolute Gasteiger partial charge is 0.159 e. The van der Waals surface area contributed by atoms with Gasteiger partial charge in [-0.3, -0.25) is 9.67 Å². The van der Waals surface area contributed by atoms with Gasteiger partial charge in [-0.15, -0.1) is 0 Å². The van der Waals surface area contributed by atoms with Crippen LogP contribution in [0.4, 0.5) is 5.69 Å². The van der Waals surface area contributed by atoms with E-state index in [1.807, 2.05) is 40.1 Å². The van der Waals surface area contributed by atoms with Crippen LogP contribution in [0.5, 0.6) is 0 Å². The van der Waals surface area contributed by atoms with Crippen molar-refractivity contribution in [1.82, 2.24) is 19.7 Å². The second-order valence-corrected chi connectivity index (χ2v) is 5.60. The van der Waals surface area contributed by atoms with Crippen LogP contribution < -0.4 is 0 Å². The number of hydrogen-bond donors (Lipinski definition) is 0. The van der Waals surface area contributed by atoms with Crippen LogP contribution in [0.25, 0.3) is 22.3 Å². The summed E-state index contributed by atoms with van der Waals surface area (Å²) in [6.07, 6.45) is 3.59. The molecule has 2 heterocycles. The molecule has 0 radical (unpaired) electrons. The van der Waals surface area contributed by atoms with Crippen molar-refractivity contribution < 1.29 is 0 Å². The van der Waals surface area contributed by atoms with E-state index in [2.05, 4.69) is 26.1 Å². The third kappa shape index (κ3) is 2.81. The van der Waals surface area contributed by atoms with Gasteiger partial charge in [0.05, 0.1) is 17.5 Å². The molecule has 114 valence electrons. The first-order valence-corrected chi connectivity index (χ1v) is 7.21. The summed E-state index contributed by atoms with van der Waals surface area (Å²) in [7, 11) is 1.83. The van der Waals surface area contributed by atoms with Gasteiger partial charge in [0.1, 0.15) is 17.3 Å². The summed E-state index contributed by atoms with van der Waals surface area (Å²) in [6.45, 7) is 5.77. The third-order valence-corrected chi connectivity index (χ3v) is 3.40. The number of aliphatic imine (C=N–C) groups is 1. The van der Waals surface area contributed by atoms with Crippen LogP contribution in [-0.2, 0) is 7.05 Å². The van der Waals surface area contributed by atoms with E-state index in [9.17, 15) is 5.26 Å². The van der Waals surface area contributed by atoms with Crippen molar-refractivity contribution in [3.05, 3.63) is 35.8 Å². The molecule has 0 aliphatic carbocycles. The van der Waals surface area contributed by atoms with Crippen LogP contribution in [0.1, 0.15) is 25.1 Å². The van der Waals surface area contributed by atoms with Gasteiger partial charge in [-0.2, -0.15) is 10.4 Å². The Labute approximate surface area is 134 Å². The first-order chi connectivity index (χ1) is 11.0. The number of fused-ring (bicyclic) bond motifs is 1. The van der Waals surface area contributed by atoms with Gasteiger partial charge in [-0.25, -0.2) is 9.97 Å². The van der Waals surface area contributed by atoms with Gasteiger partial charge in [-0.1, -0.05) is 0 Å². The Morgan fingerprint density at radius 2 is 2.09 bits per heavy atom. The normalized spacial score (nSPS) is 10.6. The lowest BCUT2D eigenvalue weighted by molar-refractivity contribution is 0.779. The van der Waals surface area contributed by atoms with Gasteiger partial charge in [0.2, 0.25) is 0 Å². The van der Waals surface area contributed by atoms with Crippen LogP contribution in [0.2, 0.25) is 0 Å². The van der Waals surface area contributed by atoms with Gasteiger partial charge in [0.25, 0.3) is 0 Å². The molecule has 1 aromatic carbocycles. The van der Waals surface area contributed by atoms with E-state index in [0.717, 1.165) is 28.0 Å². The van der Waals surface area contributed by atoms with E-state index in [-0.39, 0.29) is 0 Å². The number of rotatable bonds is 2. The average Bonchev–Trinajstić information content (AvgIpc) is 2.88. The number of nitrogens with zero attached hydrogens (tertiary/aromatic N) is 6. The van der Waals surface area contributed by atoms with Crippen LogP contribution >= 0.6 is 0 Å². The summed E-state index contributed by atoms with van der Waals surface area (Å²) in [5.74, 6) is 0.581. The number of aromatic nitrogens is 4. The van der Waals surface area contributed by atoms with E-state index in [1.54, 1.807) is 16.9 Å². The number of aryl methyl sites for hydroxylation is 2. The maximum atomic E-state index is 9.36. The highest BCUT2D eigenvalue weighted by atomic mass is 15.2. The number of hydrogen-bond acceptors (Lipinski definition) is 5. The molecule has 0 saturated carbocycles. The minimum Gasteiger partial charge on any atom is -0.275 e. The summed E-state index contributed by atoms with van der Waals surface area (Å²) in [6, 6.07) is 5.92. The zero-order valence-electron chi connectivity index (χ0n) is 13.5. The summed E-state index contributed by atoms with van der Waals surface area (Å²) >= 11 is 0. The Balaban J connectivity index is 2.15. The third-order valence-electron chi connectivity index (χ3n) is 3.40. The molecule has 0 fully saturated rings. The fourth-order valence-electron chi connectivity index (χ4n) is 2.42. The summed E-state index contributed by atoms with van der Waals surface area (Å²) in [5, 5.41) is 14.6. The minimum absolute atomic E-state index is 0.519. The lowest BCUT2D eigenvalue weighted by Crippen LogP contribution is -1.94. The fourth-order valence-corrected chi connectivity index (χ4v) is 2.42. The summed E-state index contributed by atoms with van der Waals surface area (Å²) < 4.78 is 1.70. The first-order valence-electron chi connectivity index (χ1n) is 7.21. The lowest BCUT2D eigenvalue weighted by atomic mass is 10.1. The second-order valence-electron chi connectivity index (χ2n) is 5.60. The van der Waals surface area contributed by atoms with Crippen LogP contribution in [-0.4, -0.2) is 25.5 Å². The molecule has 6 nitrogen and oxygen atoms in total. The minimum atomic E-state index is 0.519. The Morgan fingerprint density at radius 1 is 1.30 bits per heavy atom. The van der Waals surface area contributed by atoms with Crippen molar-refractivity contribution in [1.29, 1.82) is 5.26 Å². The zero-order valence-corrected chi connectivity index (χ0v) is 13.5. The van der Waals surface area contributed by atoms with Gasteiger partial charge >= 0.3 is 0 Å². The molecule has 23 heavy (non-hydrogen) atoms. The van der Waals surface area contributed by atoms with E-state index >= 15 is 0 Å². The summed E-state index contributed by atoms with van der Waals surface area (Å²) in [4.78, 5) is 13.3. The molecule has 0 atom stereocenters. The SMILES string of the molecule is CC(C)=Nc1cnc(-c2cc(C#N)c3nn(C)cc3c2)nc1C. The van der Waals surface area contributed by atoms with E-state index < -0.39 is 0 Å². The van der Waals surface area contributed by atoms with Gasteiger partial charge in [-0.05, 0) is 32.9 Å². The standard InChI is InChI=1S/C17H16N6/c1-10(2)20-15-8-19-17(21-11(15)3)12-5-13(7-18)16-14(6-12)9-23(4)22-16/h5-6,8-9H,1-4H3. The number of nitriles is 1. The first kappa shape index (κ1) is 14.9. The van der Waals surface area contributed by atoms with Crippen molar-refractivity contribution >= 4 is 22.3 Å². The van der Waals surface area contributed by atoms with E-state index in [4.69, 9.17) is 0 Å². The monoisotopic (exact) mass is 304 g/mol. The Hall–Kier alpha value is -3.07. The van der Waals surface area contributed by atoms with Crippen molar-refractivity contribution in [2.75, 3.05) is 0 Å². The highest BCUT2D eigenvalue weighted by molar-refractivity contribution is 5.88. The molecule has 0 spiro atoms. The summed E-state index contributed by atoms with van der Waals surface area (Å²) in [5.41, 5.74) is 4.53. The predicted octanol–water partition coefficient (Wildman–Crippen LogP) is 3.32. The Morgan fingerprint density at radius 3 is 2.74 bits per heavy atom. The topological polar surface area (TPSA) is 79.8 Å². The second kappa shape index (κ2) is 5.61. The Bertz CT molecular complexity index is 971. The lowest BCUT2D eigenvalue weighted by Gasteiger charge is -2.05. The molecule has 2 aromatic heterocycles. The molecular weight excluding hydrogens is 288 g/mol. The van der Waals surface area contributed by atoms with Crippen LogP contribution in [0.15, 0.2) is 29.5 Å². The van der Waals surface area contributed by atoms with Crippen molar-refractivity contribution in [3.63, 3.8) is 0 Å². The average molecular weight is 304 g/mol. The molecule has 0 aliphatic rings. The molecule has 3 rings (SSSR count). The van der Waals surface area contributed by atoms with Crippen molar-refractivity contribution in [2.45, 2.75) is 20.8 Å². The molecule has 0 amide bonds. The van der Waals surface area contributed by atoms with E-state index in [1.165, 1.54) is 0 Å². The Kier molecular flexibility index (Phi) is 3.62. The van der Waals surface area contributed by atoms with E-state index in [0.29, 0.717) is 16.9 Å². The highest BCUT2D eigenvalue weighted by Crippen LogP contribution is 2.26. The maximum Gasteiger partial charge on any atom is 0.159 e. The molecule has 0 N–H and O–H groups in total. The quantitative estimate of drug-likeness (QED) is 0.680. The fraction of sp³-hybridized carbons (Fsp3) is 0.235. The zero-order chi connectivity index (χ0) is 16.6. The highest BCUT2D eigenvalue weighted by Gasteiger charge is 2.11. The van der Waals surface area contributed by atoms with Gasteiger partial charge in [0, 0.05) is 29.9 Å². The molecule has 6 heteroatoms. The molecule has 0 unspecified atom stereocenters. The molecule has 3 aromatic rings. The molecule has 0 bridgehead atoms. The largest absolute Gasteiger partial charge is 0.275 e. The van der Waals surface area contributed by atoms with Crippen molar-refractivity contribution in [3.8, 4) is 17.5 Å². The van der Waals surface area contributed by atoms with Crippen LogP contribution in [0, 0.1) is 18.3 Å². The molecule has 0 aliphatic heterocycles. The van der Waals surface area contributed by atoms with Gasteiger partial charge < -0.3 is 0 Å². The van der Waals surface area contributed by atoms with Crippen molar-refractivity contribution in [2.24, 2.45) is 12.0 Å².